The van der Waals surface area contributed by atoms with Crippen LogP contribution in [0.4, 0.5) is 19.1 Å². The van der Waals surface area contributed by atoms with Gasteiger partial charge < -0.3 is 19.3 Å². The molecule has 2 aromatic heterocycles. The van der Waals surface area contributed by atoms with E-state index in [0.29, 0.717) is 38.3 Å². The van der Waals surface area contributed by atoms with Crippen molar-refractivity contribution in [2.45, 2.75) is 18.7 Å². The number of H-pyrrole nitrogens is 1. The van der Waals surface area contributed by atoms with Crippen LogP contribution in [0.2, 0.25) is 0 Å². The fourth-order valence-corrected chi connectivity index (χ4v) is 3.56. The summed E-state index contributed by atoms with van der Waals surface area (Å²) >= 11 is 0. The first-order chi connectivity index (χ1) is 15.8. The Kier molecular flexibility index (Phi) is 6.19. The van der Waals surface area contributed by atoms with Crippen molar-refractivity contribution in [1.29, 1.82) is 0 Å². The van der Waals surface area contributed by atoms with Crippen molar-refractivity contribution in [1.82, 2.24) is 25.1 Å². The van der Waals surface area contributed by atoms with Crippen molar-refractivity contribution in [3.8, 4) is 18.1 Å². The minimum Gasteiger partial charge on any atom is -0.490 e. The van der Waals surface area contributed by atoms with E-state index in [1.165, 1.54) is 0 Å². The number of ether oxygens (including phenoxy) is 2. The lowest BCUT2D eigenvalue weighted by molar-refractivity contribution is -0.139. The van der Waals surface area contributed by atoms with Crippen LogP contribution in [0.25, 0.3) is 0 Å². The number of carbonyl (C=O) groups is 1. The number of nitrogens with one attached hydrogen (secondary N) is 1. The van der Waals surface area contributed by atoms with Gasteiger partial charge in [-0.05, 0) is 0 Å². The quantitative estimate of drug-likeness (QED) is 0.660. The van der Waals surface area contributed by atoms with Gasteiger partial charge in [-0.15, -0.1) is 6.42 Å². The maximum absolute atomic E-state index is 12.7. The molecule has 0 aliphatic carbocycles. The lowest BCUT2D eigenvalue weighted by Crippen LogP contribution is -2.50. The van der Waals surface area contributed by atoms with Gasteiger partial charge in [0.15, 0.2) is 5.75 Å². The second kappa shape index (κ2) is 9.07. The Balaban J connectivity index is 1.32. The molecule has 2 aliphatic rings. The maximum atomic E-state index is 12.7. The van der Waals surface area contributed by atoms with Crippen LogP contribution in [0, 0.1) is 12.3 Å². The first-order valence-corrected chi connectivity index (χ1v) is 10.0. The van der Waals surface area contributed by atoms with Gasteiger partial charge in [0.05, 0.1) is 12.2 Å². The van der Waals surface area contributed by atoms with Crippen LogP contribution < -0.4 is 15.2 Å². The van der Waals surface area contributed by atoms with E-state index in [9.17, 15) is 22.8 Å². The molecular weight excluding hydrogens is 445 g/mol. The number of aromatic amines is 1. The Morgan fingerprint density at radius 1 is 1.27 bits per heavy atom. The van der Waals surface area contributed by atoms with Crippen molar-refractivity contribution in [2.24, 2.45) is 0 Å². The van der Waals surface area contributed by atoms with E-state index in [1.54, 1.807) is 9.80 Å². The number of piperazine rings is 1. The van der Waals surface area contributed by atoms with Gasteiger partial charge in [-0.3, -0.25) is 9.59 Å². The number of amides is 1. The fraction of sp³-hybridized carbons (Fsp3) is 0.450. The van der Waals surface area contributed by atoms with Crippen LogP contribution in [0.5, 0.6) is 5.75 Å². The molecule has 1 atom stereocenters. The highest BCUT2D eigenvalue weighted by Crippen LogP contribution is 2.33. The smallest absolute Gasteiger partial charge is 0.419 e. The molecular formula is C20H19F3N6O4. The van der Waals surface area contributed by atoms with Gasteiger partial charge >= 0.3 is 6.18 Å². The molecule has 0 radical (unpaired) electrons. The van der Waals surface area contributed by atoms with E-state index in [0.717, 1.165) is 12.4 Å². The van der Waals surface area contributed by atoms with Gasteiger partial charge in [0.1, 0.15) is 24.0 Å². The lowest BCUT2D eigenvalue weighted by atomic mass is 10.1. The number of aromatic nitrogens is 4. The molecule has 1 amide bonds. The molecule has 2 aliphatic heterocycles. The molecule has 1 saturated heterocycles. The van der Waals surface area contributed by atoms with E-state index in [1.807, 2.05) is 0 Å². The van der Waals surface area contributed by atoms with Crippen LogP contribution in [-0.2, 0) is 15.7 Å². The summed E-state index contributed by atoms with van der Waals surface area (Å²) in [5.74, 6) is 2.39. The molecule has 1 N–H and O–H groups in total. The SMILES string of the molecule is C#Cc1c2c(n[nH]c1=O)C(OCC(=O)N1CCN(c3ncc(C(F)(F)F)cn3)CC1)CCO2. The largest absolute Gasteiger partial charge is 0.490 e. The van der Waals surface area contributed by atoms with Crippen molar-refractivity contribution < 1.29 is 27.4 Å². The molecule has 4 heterocycles. The van der Waals surface area contributed by atoms with Crippen LogP contribution in [-0.4, -0.2) is 70.4 Å². The number of hydrogen-bond donors (Lipinski definition) is 1. The number of halogens is 3. The summed E-state index contributed by atoms with van der Waals surface area (Å²) in [5.41, 5.74) is -1.09. The predicted molar refractivity (Wildman–Crippen MR) is 107 cm³/mol. The highest BCUT2D eigenvalue weighted by molar-refractivity contribution is 5.77. The number of terminal acetylenes is 1. The van der Waals surface area contributed by atoms with Crippen LogP contribution in [0.3, 0.4) is 0 Å². The third-order valence-electron chi connectivity index (χ3n) is 5.33. The summed E-state index contributed by atoms with van der Waals surface area (Å²) in [5, 5.41) is 6.27. The number of carbonyl (C=O) groups excluding carboxylic acids is 1. The van der Waals surface area contributed by atoms with Crippen LogP contribution in [0.1, 0.15) is 29.3 Å². The molecule has 1 unspecified atom stereocenters. The molecule has 0 aromatic carbocycles. The monoisotopic (exact) mass is 464 g/mol. The molecule has 0 saturated carbocycles. The van der Waals surface area contributed by atoms with E-state index in [2.05, 4.69) is 26.1 Å². The summed E-state index contributed by atoms with van der Waals surface area (Å²) in [6.07, 6.45) is 2.23. The molecule has 0 bridgehead atoms. The Labute approximate surface area is 185 Å². The summed E-state index contributed by atoms with van der Waals surface area (Å²) in [6, 6.07) is 0. The van der Waals surface area contributed by atoms with E-state index < -0.39 is 23.4 Å². The minimum atomic E-state index is -4.50. The number of fused-ring (bicyclic) bond motifs is 1. The first kappa shape index (κ1) is 22.5. The molecule has 0 spiro atoms. The maximum Gasteiger partial charge on any atom is 0.419 e. The number of alkyl halides is 3. The Hall–Kier alpha value is -3.66. The predicted octanol–water partition coefficient (Wildman–Crippen LogP) is 0.749. The molecule has 1 fully saturated rings. The van der Waals surface area contributed by atoms with Crippen LogP contribution >= 0.6 is 0 Å². The molecule has 33 heavy (non-hydrogen) atoms. The topological polar surface area (TPSA) is 114 Å². The standard InChI is InChI=1S/C20H19F3N6O4/c1-2-13-17-16(26-27-18(13)31)14(3-8-32-17)33-11-15(30)28-4-6-29(7-5-28)19-24-9-12(10-25-19)20(21,22)23/h1,9-10,14H,3-8,11H2,(H,27,31). The third kappa shape index (κ3) is 4.75. The van der Waals surface area contributed by atoms with Gasteiger partial charge in [0.25, 0.3) is 5.56 Å². The molecule has 13 heteroatoms. The minimum absolute atomic E-state index is 0.0289. The summed E-state index contributed by atoms with van der Waals surface area (Å²) in [4.78, 5) is 35.3. The Morgan fingerprint density at radius 2 is 1.97 bits per heavy atom. The average molecular weight is 464 g/mol. The van der Waals surface area contributed by atoms with E-state index in [-0.39, 0.29) is 36.4 Å². The molecule has 10 nitrogen and oxygen atoms in total. The third-order valence-corrected chi connectivity index (χ3v) is 5.33. The highest BCUT2D eigenvalue weighted by atomic mass is 19.4. The van der Waals surface area contributed by atoms with Crippen molar-refractivity contribution in [3.05, 3.63) is 39.6 Å². The number of hydrogen-bond acceptors (Lipinski definition) is 8. The van der Waals surface area contributed by atoms with Gasteiger partial charge in [0.2, 0.25) is 11.9 Å². The number of nitrogens with zero attached hydrogens (tertiary/aromatic N) is 5. The second-order valence-electron chi connectivity index (χ2n) is 7.36. The second-order valence-corrected chi connectivity index (χ2v) is 7.36. The van der Waals surface area contributed by atoms with Gasteiger partial charge in [-0.1, -0.05) is 5.92 Å². The molecule has 174 valence electrons. The summed E-state index contributed by atoms with van der Waals surface area (Å²) in [6.45, 7) is 1.45. The summed E-state index contributed by atoms with van der Waals surface area (Å²) < 4.78 is 49.2. The zero-order valence-electron chi connectivity index (χ0n) is 17.3. The Bertz CT molecular complexity index is 1120. The first-order valence-electron chi connectivity index (χ1n) is 10.0. The molecule has 2 aromatic rings. The van der Waals surface area contributed by atoms with Gasteiger partial charge in [0, 0.05) is 45.0 Å². The Morgan fingerprint density at radius 3 is 2.61 bits per heavy atom. The van der Waals surface area contributed by atoms with Crippen LogP contribution in [0.15, 0.2) is 17.2 Å². The van der Waals surface area contributed by atoms with Gasteiger partial charge in [-0.25, -0.2) is 15.1 Å². The van der Waals surface area contributed by atoms with Crippen molar-refractivity contribution in [3.63, 3.8) is 0 Å². The normalized spacial score (nSPS) is 18.3. The van der Waals surface area contributed by atoms with Crippen molar-refractivity contribution >= 4 is 11.9 Å². The zero-order chi connectivity index (χ0) is 23.6. The molecule has 4 rings (SSSR count). The zero-order valence-corrected chi connectivity index (χ0v) is 17.3. The number of anilines is 1. The number of rotatable bonds is 4. The summed E-state index contributed by atoms with van der Waals surface area (Å²) in [7, 11) is 0. The van der Waals surface area contributed by atoms with E-state index >= 15 is 0 Å². The van der Waals surface area contributed by atoms with E-state index in [4.69, 9.17) is 15.9 Å². The highest BCUT2D eigenvalue weighted by Gasteiger charge is 2.32. The lowest BCUT2D eigenvalue weighted by Gasteiger charge is -2.35. The van der Waals surface area contributed by atoms with Crippen molar-refractivity contribution in [2.75, 3.05) is 44.3 Å². The fourth-order valence-electron chi connectivity index (χ4n) is 3.56. The average Bonchev–Trinajstić information content (AvgIpc) is 2.82. The van der Waals surface area contributed by atoms with Gasteiger partial charge in [-0.2, -0.15) is 18.3 Å².